The second-order valence-corrected chi connectivity index (χ2v) is 4.16. The maximum Gasteiger partial charge on any atom is 0.223 e. The number of aromatic nitrogens is 2. The summed E-state index contributed by atoms with van der Waals surface area (Å²) in [6.07, 6.45) is 3.24. The van der Waals surface area contributed by atoms with Gasteiger partial charge < -0.3 is 22.5 Å². The predicted molar refractivity (Wildman–Crippen MR) is 64.8 cm³/mol. The van der Waals surface area contributed by atoms with Crippen LogP contribution < -0.4 is 22.5 Å². The lowest BCUT2D eigenvalue weighted by molar-refractivity contribution is 0.871. The minimum Gasteiger partial charge on any atom is -0.383 e. The van der Waals surface area contributed by atoms with Gasteiger partial charge in [0.1, 0.15) is 11.6 Å². The fourth-order valence-corrected chi connectivity index (χ4v) is 1.62. The van der Waals surface area contributed by atoms with Crippen LogP contribution in [-0.2, 0) is 6.42 Å². The zero-order valence-electron chi connectivity index (χ0n) is 9.24. The largest absolute Gasteiger partial charge is 0.383 e. The first-order chi connectivity index (χ1) is 7.70. The Morgan fingerprint density at radius 3 is 2.62 bits per heavy atom. The number of hydrogen-bond donors (Lipinski definition) is 4. The lowest BCUT2D eigenvalue weighted by Crippen LogP contribution is -2.15. The molecule has 1 fully saturated rings. The van der Waals surface area contributed by atoms with E-state index < -0.39 is 0 Å². The Balaban J connectivity index is 2.16. The predicted octanol–water partition coefficient (Wildman–Crippen LogP) is -0.0359. The molecule has 7 N–H and O–H groups in total. The second kappa shape index (κ2) is 4.52. The van der Waals surface area contributed by atoms with E-state index in [1.165, 1.54) is 12.8 Å². The fraction of sp³-hybridized carbons (Fsp3) is 0.600. The Bertz CT molecular complexity index is 374. The summed E-state index contributed by atoms with van der Waals surface area (Å²) in [4.78, 5) is 8.12. The minimum absolute atomic E-state index is 0.205. The van der Waals surface area contributed by atoms with Crippen LogP contribution in [0.4, 0.5) is 17.6 Å². The Morgan fingerprint density at radius 2 is 2.00 bits per heavy atom. The highest BCUT2D eigenvalue weighted by Crippen LogP contribution is 2.29. The molecule has 0 aliphatic heterocycles. The minimum atomic E-state index is 0.205. The van der Waals surface area contributed by atoms with Crippen molar-refractivity contribution >= 4 is 17.6 Å². The van der Waals surface area contributed by atoms with E-state index in [1.807, 2.05) is 0 Å². The van der Waals surface area contributed by atoms with Crippen molar-refractivity contribution in [2.24, 2.45) is 11.7 Å². The molecule has 1 aliphatic rings. The van der Waals surface area contributed by atoms with Crippen molar-refractivity contribution in [2.45, 2.75) is 19.3 Å². The van der Waals surface area contributed by atoms with E-state index in [4.69, 9.17) is 17.2 Å². The van der Waals surface area contributed by atoms with Gasteiger partial charge in [-0.05, 0) is 31.7 Å². The van der Waals surface area contributed by atoms with Gasteiger partial charge in [-0.3, -0.25) is 0 Å². The van der Waals surface area contributed by atoms with Crippen LogP contribution in [0, 0.1) is 5.92 Å². The molecule has 0 amide bonds. The van der Waals surface area contributed by atoms with Crippen molar-refractivity contribution in [2.75, 3.05) is 29.9 Å². The highest BCUT2D eigenvalue weighted by Gasteiger charge is 2.21. The lowest BCUT2D eigenvalue weighted by atomic mass is 10.2. The van der Waals surface area contributed by atoms with Gasteiger partial charge in [-0.15, -0.1) is 0 Å². The SMILES string of the molecule is NCCc1c(N)nc(N)nc1NCC1CC1. The lowest BCUT2D eigenvalue weighted by Gasteiger charge is -2.12. The average Bonchev–Trinajstić information content (AvgIpc) is 3.03. The molecule has 1 aromatic heterocycles. The van der Waals surface area contributed by atoms with Crippen LogP contribution in [0.2, 0.25) is 0 Å². The van der Waals surface area contributed by atoms with Crippen LogP contribution in [0.3, 0.4) is 0 Å². The molecule has 0 saturated heterocycles. The van der Waals surface area contributed by atoms with E-state index in [-0.39, 0.29) is 5.95 Å². The van der Waals surface area contributed by atoms with E-state index in [0.717, 1.165) is 23.8 Å². The number of nitrogen functional groups attached to an aromatic ring is 2. The monoisotopic (exact) mass is 222 g/mol. The van der Waals surface area contributed by atoms with Gasteiger partial charge in [-0.25, -0.2) is 0 Å². The van der Waals surface area contributed by atoms with E-state index in [1.54, 1.807) is 0 Å². The molecule has 0 unspecified atom stereocenters. The van der Waals surface area contributed by atoms with Crippen LogP contribution >= 0.6 is 0 Å². The summed E-state index contributed by atoms with van der Waals surface area (Å²) in [6.45, 7) is 1.45. The van der Waals surface area contributed by atoms with E-state index in [9.17, 15) is 0 Å². The van der Waals surface area contributed by atoms with Gasteiger partial charge in [0.2, 0.25) is 5.95 Å². The van der Waals surface area contributed by atoms with Crippen LogP contribution in [0.1, 0.15) is 18.4 Å². The van der Waals surface area contributed by atoms with Gasteiger partial charge in [-0.1, -0.05) is 0 Å². The summed E-state index contributed by atoms with van der Waals surface area (Å²) >= 11 is 0. The van der Waals surface area contributed by atoms with Crippen LogP contribution in [0.25, 0.3) is 0 Å². The van der Waals surface area contributed by atoms with E-state index >= 15 is 0 Å². The molecule has 0 aromatic carbocycles. The molecule has 6 nitrogen and oxygen atoms in total. The number of anilines is 3. The molecular weight excluding hydrogens is 204 g/mol. The Kier molecular flexibility index (Phi) is 3.09. The molecule has 88 valence electrons. The molecule has 1 aliphatic carbocycles. The summed E-state index contributed by atoms with van der Waals surface area (Å²) in [5, 5.41) is 3.28. The van der Waals surface area contributed by atoms with Crippen LogP contribution in [-0.4, -0.2) is 23.1 Å². The molecule has 0 spiro atoms. The number of nitrogens with two attached hydrogens (primary N) is 3. The first kappa shape index (κ1) is 10.9. The normalized spacial score (nSPS) is 15.1. The van der Waals surface area contributed by atoms with Crippen molar-refractivity contribution in [1.29, 1.82) is 0 Å². The Morgan fingerprint density at radius 1 is 1.25 bits per heavy atom. The van der Waals surface area contributed by atoms with Crippen molar-refractivity contribution in [3.8, 4) is 0 Å². The molecule has 0 radical (unpaired) electrons. The maximum absolute atomic E-state index is 5.80. The summed E-state index contributed by atoms with van der Waals surface area (Å²) in [6, 6.07) is 0. The molecule has 0 atom stereocenters. The van der Waals surface area contributed by atoms with Crippen molar-refractivity contribution in [3.05, 3.63) is 5.56 Å². The summed E-state index contributed by atoms with van der Waals surface area (Å²) in [7, 11) is 0. The van der Waals surface area contributed by atoms with Crippen molar-refractivity contribution < 1.29 is 0 Å². The summed E-state index contributed by atoms with van der Waals surface area (Å²) < 4.78 is 0. The molecule has 1 heterocycles. The van der Waals surface area contributed by atoms with Gasteiger partial charge in [0, 0.05) is 12.1 Å². The molecule has 6 heteroatoms. The fourth-order valence-electron chi connectivity index (χ4n) is 1.62. The zero-order chi connectivity index (χ0) is 11.5. The topological polar surface area (TPSA) is 116 Å². The van der Waals surface area contributed by atoms with Crippen LogP contribution in [0.5, 0.6) is 0 Å². The molecule has 1 aromatic rings. The average molecular weight is 222 g/mol. The molecular formula is C10H18N6. The van der Waals surface area contributed by atoms with Gasteiger partial charge in [0.15, 0.2) is 0 Å². The molecule has 1 saturated carbocycles. The number of nitrogens with one attached hydrogen (secondary N) is 1. The number of rotatable bonds is 5. The second-order valence-electron chi connectivity index (χ2n) is 4.16. The van der Waals surface area contributed by atoms with Gasteiger partial charge in [0.25, 0.3) is 0 Å². The molecule has 2 rings (SSSR count). The number of hydrogen-bond acceptors (Lipinski definition) is 6. The van der Waals surface area contributed by atoms with E-state index in [2.05, 4.69) is 15.3 Å². The van der Waals surface area contributed by atoms with Gasteiger partial charge in [0.05, 0.1) is 0 Å². The smallest absolute Gasteiger partial charge is 0.223 e. The molecule has 0 bridgehead atoms. The Hall–Kier alpha value is -1.56. The number of nitrogens with zero attached hydrogens (tertiary/aromatic N) is 2. The van der Waals surface area contributed by atoms with Crippen molar-refractivity contribution in [1.82, 2.24) is 9.97 Å². The van der Waals surface area contributed by atoms with Gasteiger partial charge in [-0.2, -0.15) is 9.97 Å². The highest BCUT2D eigenvalue weighted by molar-refractivity contribution is 5.58. The third kappa shape index (κ3) is 2.52. The summed E-state index contributed by atoms with van der Waals surface area (Å²) in [5.74, 6) is 2.14. The zero-order valence-corrected chi connectivity index (χ0v) is 9.24. The standard InChI is InChI=1S/C10H18N6/c11-4-3-7-8(12)15-10(13)16-9(7)14-5-6-1-2-6/h6H,1-5,11H2,(H5,12,13,14,15,16). The Labute approximate surface area is 94.6 Å². The maximum atomic E-state index is 5.80. The van der Waals surface area contributed by atoms with Crippen LogP contribution in [0.15, 0.2) is 0 Å². The first-order valence-corrected chi connectivity index (χ1v) is 5.56. The quantitative estimate of drug-likeness (QED) is 0.555. The van der Waals surface area contributed by atoms with Gasteiger partial charge >= 0.3 is 0 Å². The third-order valence-electron chi connectivity index (χ3n) is 2.71. The van der Waals surface area contributed by atoms with E-state index in [0.29, 0.717) is 18.8 Å². The first-order valence-electron chi connectivity index (χ1n) is 5.56. The molecule has 16 heavy (non-hydrogen) atoms. The highest BCUT2D eigenvalue weighted by atomic mass is 15.1. The van der Waals surface area contributed by atoms with Crippen molar-refractivity contribution in [3.63, 3.8) is 0 Å². The third-order valence-corrected chi connectivity index (χ3v) is 2.71. The summed E-state index contributed by atoms with van der Waals surface area (Å²) in [5.41, 5.74) is 17.8.